The fourth-order valence-corrected chi connectivity index (χ4v) is 3.71. The summed E-state index contributed by atoms with van der Waals surface area (Å²) in [4.78, 5) is 6.94. The largest absolute Gasteiger partial charge is 0.374 e. The minimum atomic E-state index is -2.27. The Kier molecular flexibility index (Phi) is 8.38. The lowest BCUT2D eigenvalue weighted by Crippen LogP contribution is -2.53. The molecule has 140 valence electrons. The third kappa shape index (κ3) is 4.80. The van der Waals surface area contributed by atoms with Crippen LogP contribution in [-0.2, 0) is 0 Å². The summed E-state index contributed by atoms with van der Waals surface area (Å²) in [6, 6.07) is 0. The van der Waals surface area contributed by atoms with Gasteiger partial charge in [0.1, 0.15) is 0 Å². The molecule has 2 rings (SSSR count). The highest BCUT2D eigenvalue weighted by atomic mass is 19.3. The molecule has 0 amide bonds. The van der Waals surface area contributed by atoms with E-state index in [0.717, 1.165) is 43.8 Å². The lowest BCUT2D eigenvalue weighted by Gasteiger charge is -2.51. The maximum Gasteiger partial charge on any atom is 0.239 e. The predicted molar refractivity (Wildman–Crippen MR) is 99.9 cm³/mol. The van der Waals surface area contributed by atoms with Crippen LogP contribution in [0.1, 0.15) is 67.2 Å². The maximum absolute atomic E-state index is 13.2. The summed E-state index contributed by atoms with van der Waals surface area (Å²) in [6.07, 6.45) is 2.38. The lowest BCUT2D eigenvalue weighted by atomic mass is 9.72. The number of hydrogen-bond acceptors (Lipinski definition) is 2. The van der Waals surface area contributed by atoms with Crippen molar-refractivity contribution in [3.8, 4) is 0 Å². The maximum atomic E-state index is 13.2. The molecule has 0 aromatic heterocycles. The first kappa shape index (κ1) is 21.1. The van der Waals surface area contributed by atoms with E-state index in [1.807, 2.05) is 13.8 Å². The quantitative estimate of drug-likeness (QED) is 0.571. The van der Waals surface area contributed by atoms with E-state index in [0.29, 0.717) is 18.4 Å². The van der Waals surface area contributed by atoms with Crippen LogP contribution in [0, 0.1) is 17.3 Å². The highest BCUT2D eigenvalue weighted by molar-refractivity contribution is 5.96. The van der Waals surface area contributed by atoms with Gasteiger partial charge in [-0.1, -0.05) is 48.0 Å². The van der Waals surface area contributed by atoms with E-state index in [1.165, 1.54) is 0 Å². The molecule has 0 aromatic rings. The number of nitrogens with zero attached hydrogens (tertiary/aromatic N) is 2. The zero-order valence-corrected chi connectivity index (χ0v) is 16.4. The van der Waals surface area contributed by atoms with Crippen LogP contribution in [-0.4, -0.2) is 36.7 Å². The second kappa shape index (κ2) is 9.53. The van der Waals surface area contributed by atoms with Crippen LogP contribution in [0.4, 0.5) is 8.78 Å². The predicted octanol–water partition coefficient (Wildman–Crippen LogP) is 5.79. The van der Waals surface area contributed by atoms with E-state index < -0.39 is 11.8 Å². The third-order valence-corrected chi connectivity index (χ3v) is 5.26. The third-order valence-electron chi connectivity index (χ3n) is 5.26. The van der Waals surface area contributed by atoms with Crippen LogP contribution in [0.15, 0.2) is 16.8 Å². The Morgan fingerprint density at radius 2 is 1.88 bits per heavy atom. The van der Waals surface area contributed by atoms with E-state index in [1.54, 1.807) is 0 Å². The number of allylic oxidation sites excluding steroid dienone is 1. The molecule has 4 heteroatoms. The smallest absolute Gasteiger partial charge is 0.239 e. The van der Waals surface area contributed by atoms with Gasteiger partial charge in [-0.2, -0.15) is 0 Å². The van der Waals surface area contributed by atoms with E-state index in [9.17, 15) is 8.78 Å². The summed E-state index contributed by atoms with van der Waals surface area (Å²) in [7, 11) is 0. The van der Waals surface area contributed by atoms with Gasteiger partial charge in [-0.15, -0.1) is 0 Å². The Balaban J connectivity index is 0.00000139. The number of alkyl halides is 2. The molecule has 0 aliphatic carbocycles. The van der Waals surface area contributed by atoms with E-state index in [2.05, 4.69) is 43.7 Å². The number of rotatable bonds is 7. The summed E-state index contributed by atoms with van der Waals surface area (Å²) in [6.45, 7) is 15.2. The highest BCUT2D eigenvalue weighted by Gasteiger charge is 2.44. The Morgan fingerprint density at radius 1 is 1.25 bits per heavy atom. The number of dihydropyridines is 1. The van der Waals surface area contributed by atoms with Crippen LogP contribution in [0.25, 0.3) is 0 Å². The van der Waals surface area contributed by atoms with E-state index in [4.69, 9.17) is 0 Å². The molecule has 2 nitrogen and oxygen atoms in total. The van der Waals surface area contributed by atoms with Crippen LogP contribution in [0.2, 0.25) is 0 Å². The fourth-order valence-electron chi connectivity index (χ4n) is 3.71. The topological polar surface area (TPSA) is 15.6 Å². The van der Waals surface area contributed by atoms with Crippen molar-refractivity contribution in [3.63, 3.8) is 0 Å². The van der Waals surface area contributed by atoms with Gasteiger partial charge < -0.3 is 4.90 Å². The summed E-state index contributed by atoms with van der Waals surface area (Å²) < 4.78 is 26.5. The van der Waals surface area contributed by atoms with Crippen LogP contribution in [0.5, 0.6) is 0 Å². The Labute approximate surface area is 147 Å². The van der Waals surface area contributed by atoms with Crippen LogP contribution < -0.4 is 0 Å². The zero-order chi connectivity index (χ0) is 18.3. The van der Waals surface area contributed by atoms with Gasteiger partial charge in [0.2, 0.25) is 6.43 Å². The highest BCUT2D eigenvalue weighted by Crippen LogP contribution is 2.45. The first-order valence-corrected chi connectivity index (χ1v) is 9.70. The van der Waals surface area contributed by atoms with Crippen molar-refractivity contribution in [2.75, 3.05) is 19.6 Å². The molecule has 1 fully saturated rings. The molecule has 2 aliphatic heterocycles. The molecule has 0 spiro atoms. The Hall–Kier alpha value is -0.930. The van der Waals surface area contributed by atoms with Crippen molar-refractivity contribution in [2.45, 2.75) is 73.7 Å². The number of hydrogen-bond donors (Lipinski definition) is 0. The molecular weight excluding hydrogens is 306 g/mol. The number of aliphatic imine (C=N–C) groups is 1. The first-order valence-electron chi connectivity index (χ1n) is 9.70. The van der Waals surface area contributed by atoms with Crippen molar-refractivity contribution < 1.29 is 8.78 Å². The van der Waals surface area contributed by atoms with Crippen molar-refractivity contribution in [1.29, 1.82) is 0 Å². The van der Waals surface area contributed by atoms with Crippen LogP contribution >= 0.6 is 0 Å². The van der Waals surface area contributed by atoms with Crippen molar-refractivity contribution in [1.82, 2.24) is 4.90 Å². The van der Waals surface area contributed by atoms with Crippen LogP contribution in [0.3, 0.4) is 0 Å². The molecule has 0 bridgehead atoms. The minimum absolute atomic E-state index is 0.0595. The monoisotopic (exact) mass is 342 g/mol. The second-order valence-corrected chi connectivity index (χ2v) is 7.23. The summed E-state index contributed by atoms with van der Waals surface area (Å²) >= 11 is 0. The van der Waals surface area contributed by atoms with Gasteiger partial charge in [-0.25, -0.2) is 8.78 Å². The molecule has 2 aliphatic rings. The number of likely N-dealkylation sites (tertiary alicyclic amines) is 1. The van der Waals surface area contributed by atoms with E-state index in [-0.39, 0.29) is 6.42 Å². The van der Waals surface area contributed by atoms with Gasteiger partial charge in [-0.05, 0) is 30.8 Å². The van der Waals surface area contributed by atoms with E-state index >= 15 is 0 Å². The lowest BCUT2D eigenvalue weighted by molar-refractivity contribution is 0.0345. The van der Waals surface area contributed by atoms with Gasteiger partial charge in [0.25, 0.3) is 0 Å². The zero-order valence-electron chi connectivity index (χ0n) is 16.4. The average molecular weight is 343 g/mol. The average Bonchev–Trinajstić information content (AvgIpc) is 2.49. The molecule has 0 saturated carbocycles. The van der Waals surface area contributed by atoms with Gasteiger partial charge in [-0.3, -0.25) is 4.99 Å². The molecule has 24 heavy (non-hydrogen) atoms. The molecule has 2 heterocycles. The summed E-state index contributed by atoms with van der Waals surface area (Å²) in [5, 5.41) is 0. The normalized spacial score (nSPS) is 24.3. The van der Waals surface area contributed by atoms with Gasteiger partial charge in [0, 0.05) is 36.3 Å². The molecule has 0 unspecified atom stereocenters. The minimum Gasteiger partial charge on any atom is -0.374 e. The van der Waals surface area contributed by atoms with Crippen molar-refractivity contribution in [3.05, 3.63) is 11.8 Å². The van der Waals surface area contributed by atoms with Gasteiger partial charge in [0.05, 0.1) is 6.54 Å². The molecular formula is C20H36F2N2. The Bertz CT molecular complexity index is 437. The standard InChI is InChI=1S/C18H30F2N2.C2H6/c1-5-7-18(9-17(19)20)12-21-15(6-2)8-16(18)22-10-14(11-22)13(3)4;1-2/h8,13-14,17H,5-7,9-12H2,1-4H3;1-2H3/t18-;/m0./s1. The molecule has 0 aromatic carbocycles. The van der Waals surface area contributed by atoms with Gasteiger partial charge >= 0.3 is 0 Å². The SMILES string of the molecule is CC.CCC[C@]1(CC(F)F)CN=C(CC)C=C1N1CC(C(C)C)C1. The molecule has 1 saturated heterocycles. The molecule has 0 radical (unpaired) electrons. The number of halogens is 2. The van der Waals surface area contributed by atoms with Gasteiger partial charge in [0.15, 0.2) is 0 Å². The molecule has 1 atom stereocenters. The van der Waals surface area contributed by atoms with Crippen molar-refractivity contribution in [2.24, 2.45) is 22.2 Å². The Morgan fingerprint density at radius 3 is 2.33 bits per heavy atom. The fraction of sp³-hybridized carbons (Fsp3) is 0.850. The summed E-state index contributed by atoms with van der Waals surface area (Å²) in [5.41, 5.74) is 1.74. The van der Waals surface area contributed by atoms with Crippen molar-refractivity contribution >= 4 is 5.71 Å². The summed E-state index contributed by atoms with van der Waals surface area (Å²) in [5.74, 6) is 1.35. The second-order valence-electron chi connectivity index (χ2n) is 7.23. The first-order chi connectivity index (χ1) is 11.4. The molecule has 0 N–H and O–H groups in total.